The first kappa shape index (κ1) is 23.3. The van der Waals surface area contributed by atoms with E-state index >= 15 is 0 Å². The van der Waals surface area contributed by atoms with Crippen LogP contribution in [0, 0.1) is 5.92 Å². The number of carbonyl (C=O) groups is 3. The molecule has 3 aromatic rings. The minimum atomic E-state index is -2.77. The molecule has 4 N–H and O–H groups in total. The molecule has 40 heavy (non-hydrogen) atoms. The Bertz CT molecular complexity index is 1550. The number of hydrogen-bond donors (Lipinski definition) is 4. The number of carbonyl (C=O) groups excluding carboxylic acids is 3. The number of nitrogens with one attached hydrogen (secondary N) is 3. The van der Waals surface area contributed by atoms with Gasteiger partial charge in [0.15, 0.2) is 17.3 Å². The SMILES string of the molecule is [2H]C([2H])([2H])NC(=O)c1nnc(NC(=O)C2CC2)cc1Nc1cccc(-c2cc(C(=O)N3CCN(O)CC3)n(C)n2)c1OC. The number of hydrogen-bond acceptors (Lipinski definition) is 10. The Balaban J connectivity index is 1.47. The van der Waals surface area contributed by atoms with Crippen molar-refractivity contribution in [2.24, 2.45) is 13.0 Å². The number of nitrogens with zero attached hydrogens (tertiary/aromatic N) is 6. The Morgan fingerprint density at radius 3 is 2.58 bits per heavy atom. The predicted molar refractivity (Wildman–Crippen MR) is 145 cm³/mol. The summed E-state index contributed by atoms with van der Waals surface area (Å²) in [5, 5.41) is 30.8. The van der Waals surface area contributed by atoms with Crippen molar-refractivity contribution in [3.05, 3.63) is 41.7 Å². The molecule has 1 aliphatic carbocycles. The summed E-state index contributed by atoms with van der Waals surface area (Å²) in [5.74, 6) is -1.16. The number of benzene rings is 1. The van der Waals surface area contributed by atoms with Crippen LogP contribution < -0.4 is 20.7 Å². The number of aryl methyl sites for hydroxylation is 1. The van der Waals surface area contributed by atoms with Crippen molar-refractivity contribution in [2.75, 3.05) is 50.9 Å². The summed E-state index contributed by atoms with van der Waals surface area (Å²) in [7, 11) is 3.10. The lowest BCUT2D eigenvalue weighted by Crippen LogP contribution is -2.47. The minimum absolute atomic E-state index is 0.0678. The fourth-order valence-corrected chi connectivity index (χ4v) is 4.41. The van der Waals surface area contributed by atoms with Gasteiger partial charge in [-0.1, -0.05) is 6.07 Å². The number of ether oxygens (including phenoxy) is 1. The monoisotopic (exact) mass is 552 g/mol. The highest BCUT2D eigenvalue weighted by atomic mass is 16.5. The first-order chi connectivity index (χ1) is 20.4. The van der Waals surface area contributed by atoms with Crippen molar-refractivity contribution in [3.63, 3.8) is 0 Å². The summed E-state index contributed by atoms with van der Waals surface area (Å²) in [6.07, 6.45) is 1.54. The number of methoxy groups -OCH3 is 1. The molecule has 2 aliphatic rings. The van der Waals surface area contributed by atoms with E-state index < -0.39 is 12.9 Å². The van der Waals surface area contributed by atoms with Gasteiger partial charge in [-0.15, -0.1) is 10.2 Å². The van der Waals surface area contributed by atoms with Crippen LogP contribution in [0.2, 0.25) is 0 Å². The maximum atomic E-state index is 13.2. The molecule has 14 heteroatoms. The Labute approximate surface area is 234 Å². The topological polar surface area (TPSA) is 167 Å². The van der Waals surface area contributed by atoms with E-state index in [2.05, 4.69) is 25.9 Å². The lowest BCUT2D eigenvalue weighted by atomic mass is 10.1. The third-order valence-corrected chi connectivity index (χ3v) is 6.73. The zero-order valence-corrected chi connectivity index (χ0v) is 22.0. The largest absolute Gasteiger partial charge is 0.494 e. The van der Waals surface area contributed by atoms with Gasteiger partial charge >= 0.3 is 0 Å². The second-order valence-corrected chi connectivity index (χ2v) is 9.51. The summed E-state index contributed by atoms with van der Waals surface area (Å²) in [4.78, 5) is 40.0. The fraction of sp³-hybridized carbons (Fsp3) is 0.385. The molecule has 5 rings (SSSR count). The molecule has 2 fully saturated rings. The van der Waals surface area contributed by atoms with Crippen molar-refractivity contribution in [1.29, 1.82) is 0 Å². The molecule has 1 saturated heterocycles. The Morgan fingerprint density at radius 2 is 1.88 bits per heavy atom. The van der Waals surface area contributed by atoms with Crippen LogP contribution in [0.15, 0.2) is 30.3 Å². The lowest BCUT2D eigenvalue weighted by Gasteiger charge is -2.30. The molecule has 14 nitrogen and oxygen atoms in total. The zero-order valence-electron chi connectivity index (χ0n) is 25.0. The van der Waals surface area contributed by atoms with Gasteiger partial charge in [-0.3, -0.25) is 19.1 Å². The number of piperazine rings is 1. The summed E-state index contributed by atoms with van der Waals surface area (Å²) in [6, 6.07) is 8.16. The first-order valence-electron chi connectivity index (χ1n) is 14.2. The zero-order chi connectivity index (χ0) is 30.9. The molecular weight excluding hydrogens is 518 g/mol. The van der Waals surface area contributed by atoms with E-state index in [1.54, 1.807) is 36.2 Å². The van der Waals surface area contributed by atoms with Crippen LogP contribution in [0.1, 0.15) is 37.9 Å². The van der Waals surface area contributed by atoms with Crippen LogP contribution in [0.3, 0.4) is 0 Å². The molecule has 3 amide bonds. The summed E-state index contributed by atoms with van der Waals surface area (Å²) in [5.41, 5.74) is 1.44. The molecule has 0 radical (unpaired) electrons. The van der Waals surface area contributed by atoms with Crippen molar-refractivity contribution in [3.8, 4) is 17.0 Å². The van der Waals surface area contributed by atoms with Gasteiger partial charge in [0.25, 0.3) is 11.8 Å². The predicted octanol–water partition coefficient (Wildman–Crippen LogP) is 1.48. The quantitative estimate of drug-likeness (QED) is 0.321. The van der Waals surface area contributed by atoms with Crippen LogP contribution in [0.25, 0.3) is 11.3 Å². The first-order valence-corrected chi connectivity index (χ1v) is 12.7. The Morgan fingerprint density at radius 1 is 1.10 bits per heavy atom. The molecule has 0 atom stereocenters. The molecule has 0 spiro atoms. The van der Waals surface area contributed by atoms with E-state index in [0.29, 0.717) is 54.6 Å². The fourth-order valence-electron chi connectivity index (χ4n) is 4.41. The van der Waals surface area contributed by atoms with Crippen molar-refractivity contribution in [1.82, 2.24) is 35.3 Å². The summed E-state index contributed by atoms with van der Waals surface area (Å²) >= 11 is 0. The smallest absolute Gasteiger partial charge is 0.273 e. The molecular formula is C26H31N9O5. The highest BCUT2D eigenvalue weighted by molar-refractivity contribution is 6.00. The third kappa shape index (κ3) is 5.58. The van der Waals surface area contributed by atoms with Crippen LogP contribution in [0.4, 0.5) is 17.2 Å². The van der Waals surface area contributed by atoms with E-state index in [4.69, 9.17) is 8.85 Å². The maximum Gasteiger partial charge on any atom is 0.273 e. The molecule has 1 aliphatic heterocycles. The van der Waals surface area contributed by atoms with E-state index in [9.17, 15) is 19.6 Å². The average Bonchev–Trinajstić information content (AvgIpc) is 3.74. The van der Waals surface area contributed by atoms with Crippen molar-refractivity contribution >= 4 is 34.9 Å². The van der Waals surface area contributed by atoms with Gasteiger partial charge in [0.1, 0.15) is 5.69 Å². The molecule has 3 heterocycles. The second kappa shape index (κ2) is 11.3. The number of hydroxylamine groups is 2. The molecule has 0 unspecified atom stereocenters. The molecule has 2 aromatic heterocycles. The van der Waals surface area contributed by atoms with Crippen LogP contribution >= 0.6 is 0 Å². The van der Waals surface area contributed by atoms with Gasteiger partial charge in [0, 0.05) is 61.9 Å². The Kier molecular flexibility index (Phi) is 6.58. The van der Waals surface area contributed by atoms with E-state index in [1.807, 2.05) is 5.32 Å². The van der Waals surface area contributed by atoms with Crippen LogP contribution in [-0.2, 0) is 11.8 Å². The van der Waals surface area contributed by atoms with Gasteiger partial charge in [-0.2, -0.15) is 10.2 Å². The number of amides is 3. The third-order valence-electron chi connectivity index (χ3n) is 6.73. The summed E-state index contributed by atoms with van der Waals surface area (Å²) in [6.45, 7) is -1.33. The van der Waals surface area contributed by atoms with Gasteiger partial charge in [-0.25, -0.2) is 0 Å². The molecule has 1 aromatic carbocycles. The number of aromatic nitrogens is 4. The minimum Gasteiger partial charge on any atom is -0.494 e. The number of para-hydroxylation sites is 1. The average molecular weight is 553 g/mol. The van der Waals surface area contributed by atoms with E-state index in [1.165, 1.54) is 22.9 Å². The van der Waals surface area contributed by atoms with E-state index in [-0.39, 0.29) is 34.9 Å². The molecule has 0 bridgehead atoms. The molecule has 210 valence electrons. The molecule has 1 saturated carbocycles. The normalized spacial score (nSPS) is 16.9. The lowest BCUT2D eigenvalue weighted by molar-refractivity contribution is -0.117. The number of anilines is 3. The van der Waals surface area contributed by atoms with Crippen LogP contribution in [-0.4, -0.2) is 93.1 Å². The highest BCUT2D eigenvalue weighted by Crippen LogP contribution is 2.38. The van der Waals surface area contributed by atoms with Gasteiger partial charge in [-0.05, 0) is 31.0 Å². The van der Waals surface area contributed by atoms with Crippen molar-refractivity contribution < 1.29 is 28.4 Å². The second-order valence-electron chi connectivity index (χ2n) is 9.51. The van der Waals surface area contributed by atoms with Gasteiger partial charge < -0.3 is 30.8 Å². The van der Waals surface area contributed by atoms with Gasteiger partial charge in [0.05, 0.1) is 24.2 Å². The van der Waals surface area contributed by atoms with Crippen LogP contribution in [0.5, 0.6) is 5.75 Å². The number of rotatable bonds is 8. The highest BCUT2D eigenvalue weighted by Gasteiger charge is 2.30. The maximum absolute atomic E-state index is 13.2. The standard InChI is InChI=1S/C26H31N9O5/c1-27-25(37)22-19(14-21(30-31-22)29-24(36)15-7-8-15)28-17-6-4-5-16(23(17)40-3)18-13-20(33(2)32-18)26(38)34-9-11-35(39)12-10-34/h4-6,13-15,39H,7-12H2,1-3H3,(H,27,37)(H2,28,29,30,36)/i1D3. The Hall–Kier alpha value is -4.56. The summed E-state index contributed by atoms with van der Waals surface area (Å²) < 4.78 is 29.4. The van der Waals surface area contributed by atoms with E-state index in [0.717, 1.165) is 12.8 Å². The van der Waals surface area contributed by atoms with Crippen molar-refractivity contribution in [2.45, 2.75) is 12.8 Å². The van der Waals surface area contributed by atoms with Gasteiger partial charge in [0.2, 0.25) is 5.91 Å².